The van der Waals surface area contributed by atoms with Crippen molar-refractivity contribution in [3.63, 3.8) is 0 Å². The maximum Gasteiger partial charge on any atom is 0.253 e. The monoisotopic (exact) mass is 381 g/mol. The summed E-state index contributed by atoms with van der Waals surface area (Å²) in [5, 5.41) is 4.62. The molecule has 1 aromatic heterocycles. The van der Waals surface area contributed by atoms with Crippen LogP contribution in [0.4, 0.5) is 5.69 Å². The summed E-state index contributed by atoms with van der Waals surface area (Å²) in [5.74, 6) is -0.308. The molecule has 0 unspecified atom stereocenters. The minimum Gasteiger partial charge on any atom is -0.361 e. The molecule has 6 heteroatoms. The van der Waals surface area contributed by atoms with Gasteiger partial charge in [0.15, 0.2) is 0 Å². The summed E-state index contributed by atoms with van der Waals surface area (Å²) in [6.07, 6.45) is 3.45. The van der Waals surface area contributed by atoms with E-state index in [-0.39, 0.29) is 17.7 Å². The second-order valence-corrected chi connectivity index (χ2v) is 7.30. The topological polar surface area (TPSA) is 65.2 Å². The summed E-state index contributed by atoms with van der Waals surface area (Å²) in [4.78, 5) is 30.4. The van der Waals surface area contributed by atoms with Gasteiger partial charge in [0, 0.05) is 41.1 Å². The third-order valence-electron chi connectivity index (χ3n) is 4.99. The van der Waals surface area contributed by atoms with Gasteiger partial charge in [0.05, 0.1) is 5.92 Å². The van der Waals surface area contributed by atoms with E-state index in [0.717, 1.165) is 23.7 Å². The number of piperidine rings is 1. The predicted molar refractivity (Wildman–Crippen MR) is 107 cm³/mol. The van der Waals surface area contributed by atoms with Crippen LogP contribution in [0.3, 0.4) is 0 Å². The van der Waals surface area contributed by atoms with Crippen LogP contribution in [0.2, 0.25) is 5.02 Å². The molecule has 1 fully saturated rings. The SMILES string of the molecule is O=C(Nc1ccc(Cl)cc1)[C@@H]1CCCN(C(=O)c2ccc3cc[nH]c3c2)C1. The molecule has 0 spiro atoms. The molecule has 2 amide bonds. The molecular formula is C21H20ClN3O2. The van der Waals surface area contributed by atoms with Crippen LogP contribution in [0, 0.1) is 5.92 Å². The van der Waals surface area contributed by atoms with Gasteiger partial charge in [-0.05, 0) is 60.7 Å². The normalized spacial score (nSPS) is 17.1. The summed E-state index contributed by atoms with van der Waals surface area (Å²) in [6, 6.07) is 14.7. The highest BCUT2D eigenvalue weighted by molar-refractivity contribution is 6.30. The van der Waals surface area contributed by atoms with Gasteiger partial charge in [-0.1, -0.05) is 17.7 Å². The molecule has 1 atom stereocenters. The van der Waals surface area contributed by atoms with Gasteiger partial charge in [-0.15, -0.1) is 0 Å². The minimum absolute atomic E-state index is 0.0320. The molecule has 0 aliphatic carbocycles. The van der Waals surface area contributed by atoms with E-state index in [9.17, 15) is 9.59 Å². The van der Waals surface area contributed by atoms with Crippen LogP contribution in [-0.4, -0.2) is 34.8 Å². The fraction of sp³-hybridized carbons (Fsp3) is 0.238. The van der Waals surface area contributed by atoms with Crippen LogP contribution in [-0.2, 0) is 4.79 Å². The highest BCUT2D eigenvalue weighted by Gasteiger charge is 2.29. The Kier molecular flexibility index (Phi) is 4.86. The number of nitrogens with zero attached hydrogens (tertiary/aromatic N) is 1. The molecule has 0 radical (unpaired) electrons. The van der Waals surface area contributed by atoms with Gasteiger partial charge in [0.25, 0.3) is 5.91 Å². The number of amides is 2. The fourth-order valence-electron chi connectivity index (χ4n) is 3.52. The van der Waals surface area contributed by atoms with E-state index in [1.807, 2.05) is 30.5 Å². The van der Waals surface area contributed by atoms with E-state index in [4.69, 9.17) is 11.6 Å². The van der Waals surface area contributed by atoms with E-state index < -0.39 is 0 Å². The quantitative estimate of drug-likeness (QED) is 0.709. The molecule has 1 aliphatic heterocycles. The number of anilines is 1. The molecular weight excluding hydrogens is 362 g/mol. The van der Waals surface area contributed by atoms with Gasteiger partial charge < -0.3 is 15.2 Å². The maximum atomic E-state index is 12.9. The lowest BCUT2D eigenvalue weighted by atomic mass is 9.96. The standard InChI is InChI=1S/C21H20ClN3O2/c22-17-5-7-18(8-6-17)24-20(26)16-2-1-11-25(13-16)21(27)15-4-3-14-9-10-23-19(14)12-15/h3-10,12,16,23H,1-2,11,13H2,(H,24,26)/t16-/m1/s1. The maximum absolute atomic E-state index is 12.9. The van der Waals surface area contributed by atoms with Crippen molar-refractivity contribution in [2.75, 3.05) is 18.4 Å². The molecule has 0 saturated carbocycles. The molecule has 27 heavy (non-hydrogen) atoms. The van der Waals surface area contributed by atoms with Crippen molar-refractivity contribution in [3.8, 4) is 0 Å². The first kappa shape index (κ1) is 17.6. The Labute approximate surface area is 162 Å². The Hall–Kier alpha value is -2.79. The van der Waals surface area contributed by atoms with Crippen molar-refractivity contribution in [2.45, 2.75) is 12.8 Å². The number of H-pyrrole nitrogens is 1. The first-order valence-corrected chi connectivity index (χ1v) is 9.41. The number of likely N-dealkylation sites (tertiary alicyclic amines) is 1. The van der Waals surface area contributed by atoms with Crippen LogP contribution >= 0.6 is 11.6 Å². The zero-order valence-corrected chi connectivity index (χ0v) is 15.5. The van der Waals surface area contributed by atoms with Gasteiger partial charge in [-0.3, -0.25) is 9.59 Å². The largest absolute Gasteiger partial charge is 0.361 e. The number of fused-ring (bicyclic) bond motifs is 1. The van der Waals surface area contributed by atoms with Crippen LogP contribution in [0.15, 0.2) is 54.7 Å². The number of benzene rings is 2. The van der Waals surface area contributed by atoms with E-state index in [1.165, 1.54) is 0 Å². The van der Waals surface area contributed by atoms with Gasteiger partial charge in [-0.25, -0.2) is 0 Å². The average molecular weight is 382 g/mol. The zero-order chi connectivity index (χ0) is 18.8. The van der Waals surface area contributed by atoms with Crippen molar-refractivity contribution >= 4 is 40.0 Å². The summed E-state index contributed by atoms with van der Waals surface area (Å²) in [7, 11) is 0. The second-order valence-electron chi connectivity index (χ2n) is 6.87. The smallest absolute Gasteiger partial charge is 0.253 e. The van der Waals surface area contributed by atoms with Crippen LogP contribution in [0.5, 0.6) is 0 Å². The first-order valence-electron chi connectivity index (χ1n) is 9.03. The fourth-order valence-corrected chi connectivity index (χ4v) is 3.64. The Balaban J connectivity index is 1.44. The molecule has 4 rings (SSSR count). The van der Waals surface area contributed by atoms with Crippen molar-refractivity contribution in [1.29, 1.82) is 0 Å². The van der Waals surface area contributed by atoms with Crippen LogP contribution in [0.25, 0.3) is 10.9 Å². The lowest BCUT2D eigenvalue weighted by Gasteiger charge is -2.32. The third-order valence-corrected chi connectivity index (χ3v) is 5.25. The second kappa shape index (κ2) is 7.45. The number of aromatic nitrogens is 1. The van der Waals surface area contributed by atoms with Gasteiger partial charge in [-0.2, -0.15) is 0 Å². The zero-order valence-electron chi connectivity index (χ0n) is 14.7. The number of rotatable bonds is 3. The lowest BCUT2D eigenvalue weighted by Crippen LogP contribution is -2.43. The number of carbonyl (C=O) groups excluding carboxylic acids is 2. The summed E-state index contributed by atoms with van der Waals surface area (Å²) >= 11 is 5.88. The molecule has 2 heterocycles. The van der Waals surface area contributed by atoms with E-state index in [1.54, 1.807) is 29.2 Å². The summed E-state index contributed by atoms with van der Waals surface area (Å²) in [6.45, 7) is 1.10. The molecule has 2 N–H and O–H groups in total. The van der Waals surface area contributed by atoms with Crippen LogP contribution in [0.1, 0.15) is 23.2 Å². The number of hydrogen-bond acceptors (Lipinski definition) is 2. The number of aromatic amines is 1. The molecule has 2 aromatic carbocycles. The molecule has 1 saturated heterocycles. The van der Waals surface area contributed by atoms with E-state index in [0.29, 0.717) is 29.4 Å². The number of halogens is 1. The Morgan fingerprint density at radius 2 is 1.93 bits per heavy atom. The van der Waals surface area contributed by atoms with Crippen LogP contribution < -0.4 is 5.32 Å². The lowest BCUT2D eigenvalue weighted by molar-refractivity contribution is -0.121. The van der Waals surface area contributed by atoms with Crippen molar-refractivity contribution in [1.82, 2.24) is 9.88 Å². The Morgan fingerprint density at radius 1 is 1.11 bits per heavy atom. The van der Waals surface area contributed by atoms with Gasteiger partial charge in [0.2, 0.25) is 5.91 Å². The van der Waals surface area contributed by atoms with Crippen molar-refractivity contribution in [2.24, 2.45) is 5.92 Å². The highest BCUT2D eigenvalue weighted by Crippen LogP contribution is 2.22. The average Bonchev–Trinajstić information content (AvgIpc) is 3.17. The van der Waals surface area contributed by atoms with E-state index >= 15 is 0 Å². The Bertz CT molecular complexity index is 981. The number of hydrogen-bond donors (Lipinski definition) is 2. The minimum atomic E-state index is -0.215. The predicted octanol–water partition coefficient (Wildman–Crippen LogP) is 4.31. The van der Waals surface area contributed by atoms with Gasteiger partial charge in [0.1, 0.15) is 0 Å². The molecule has 1 aliphatic rings. The molecule has 3 aromatic rings. The highest BCUT2D eigenvalue weighted by atomic mass is 35.5. The molecule has 0 bridgehead atoms. The molecule has 138 valence electrons. The molecule has 5 nitrogen and oxygen atoms in total. The summed E-state index contributed by atoms with van der Waals surface area (Å²) < 4.78 is 0. The van der Waals surface area contributed by atoms with E-state index in [2.05, 4.69) is 10.3 Å². The van der Waals surface area contributed by atoms with Crippen molar-refractivity contribution < 1.29 is 9.59 Å². The van der Waals surface area contributed by atoms with Crippen molar-refractivity contribution in [3.05, 3.63) is 65.3 Å². The number of carbonyl (C=O) groups is 2. The number of nitrogens with one attached hydrogen (secondary N) is 2. The first-order chi connectivity index (χ1) is 13.1. The van der Waals surface area contributed by atoms with Gasteiger partial charge >= 0.3 is 0 Å². The third kappa shape index (κ3) is 3.83. The summed E-state index contributed by atoms with van der Waals surface area (Å²) in [5.41, 5.74) is 2.30. The Morgan fingerprint density at radius 3 is 2.74 bits per heavy atom.